The standard InChI is InChI=1S/C29H36F3N7O2S/c1-27(2)18-20-6-3-4-14-37-15-10-24(35-37)42-36-26(40)21-7-8-22(33-25(21)38(27)19-20)39-16-9-23(34-39)41-17-5-11-28(12-13-28)29(30,31)32/h7-10,15-16,20H,3-6,11-14,17-19H2,1-2H3,(H,36,40). The SMILES string of the molecule is CC1(C)CC2CCCCn3ccc(n3)SNC(=O)c3ccc(-n4ccc(OCCCC5(C(F)(F)F)CC5)n4)nc3N1C2. The van der Waals surface area contributed by atoms with Gasteiger partial charge in [-0.2, -0.15) is 18.3 Å². The summed E-state index contributed by atoms with van der Waals surface area (Å²) in [5.41, 5.74) is -1.25. The molecule has 1 saturated heterocycles. The number of rotatable bonds is 6. The lowest BCUT2D eigenvalue weighted by Gasteiger charge is -2.34. The van der Waals surface area contributed by atoms with Crippen LogP contribution in [0.15, 0.2) is 41.7 Å². The van der Waals surface area contributed by atoms with Crippen LogP contribution in [0, 0.1) is 11.3 Å². The number of halogens is 3. The number of fused-ring (bicyclic) bond motifs is 6. The summed E-state index contributed by atoms with van der Waals surface area (Å²) < 4.78 is 51.7. The fraction of sp³-hybridized carbons (Fsp3) is 0.586. The van der Waals surface area contributed by atoms with Crippen molar-refractivity contribution in [3.8, 4) is 11.7 Å². The minimum atomic E-state index is -4.15. The number of carbonyl (C=O) groups excluding carboxylic acids is 1. The number of hydrogen-bond donors (Lipinski definition) is 1. The molecule has 13 heteroatoms. The topological polar surface area (TPSA) is 90.1 Å². The molecule has 2 fully saturated rings. The summed E-state index contributed by atoms with van der Waals surface area (Å²) in [6, 6.07) is 7.07. The number of aryl methyl sites for hydroxylation is 1. The van der Waals surface area contributed by atoms with Gasteiger partial charge in [0, 0.05) is 49.0 Å². The Morgan fingerprint density at radius 2 is 1.95 bits per heavy atom. The lowest BCUT2D eigenvalue weighted by atomic mass is 9.93. The number of hydrogen-bond acceptors (Lipinski definition) is 7. The molecule has 3 aliphatic rings. The highest BCUT2D eigenvalue weighted by molar-refractivity contribution is 7.97. The van der Waals surface area contributed by atoms with E-state index in [2.05, 4.69) is 33.7 Å². The molecule has 4 bridgehead atoms. The van der Waals surface area contributed by atoms with Gasteiger partial charge in [0.05, 0.1) is 17.6 Å². The summed E-state index contributed by atoms with van der Waals surface area (Å²) in [4.78, 5) is 20.6. The van der Waals surface area contributed by atoms with E-state index in [1.54, 1.807) is 29.1 Å². The highest BCUT2D eigenvalue weighted by atomic mass is 32.2. The molecule has 42 heavy (non-hydrogen) atoms. The summed E-state index contributed by atoms with van der Waals surface area (Å²) in [7, 11) is 0. The maximum absolute atomic E-state index is 13.4. The van der Waals surface area contributed by atoms with Gasteiger partial charge in [0.2, 0.25) is 5.88 Å². The van der Waals surface area contributed by atoms with Crippen LogP contribution in [0.1, 0.15) is 75.6 Å². The molecular weight excluding hydrogens is 567 g/mol. The van der Waals surface area contributed by atoms with Crippen LogP contribution in [0.25, 0.3) is 5.82 Å². The van der Waals surface area contributed by atoms with Gasteiger partial charge in [-0.15, -0.1) is 5.10 Å². The number of nitrogens with zero attached hydrogens (tertiary/aromatic N) is 6. The summed E-state index contributed by atoms with van der Waals surface area (Å²) in [6.07, 6.45) is 4.50. The number of pyridine rings is 1. The molecule has 6 rings (SSSR count). The van der Waals surface area contributed by atoms with Crippen LogP contribution in [0.3, 0.4) is 0 Å². The van der Waals surface area contributed by atoms with Gasteiger partial charge in [-0.3, -0.25) is 14.2 Å². The van der Waals surface area contributed by atoms with E-state index in [-0.39, 0.29) is 37.3 Å². The molecule has 0 aromatic carbocycles. The molecule has 1 N–H and O–H groups in total. The monoisotopic (exact) mass is 603 g/mol. The third-order valence-corrected chi connectivity index (χ3v) is 9.45. The van der Waals surface area contributed by atoms with E-state index in [0.29, 0.717) is 35.4 Å². The van der Waals surface area contributed by atoms with Crippen LogP contribution >= 0.6 is 11.9 Å². The maximum atomic E-state index is 13.4. The minimum Gasteiger partial charge on any atom is -0.477 e. The third-order valence-electron chi connectivity index (χ3n) is 8.74. The first-order chi connectivity index (χ1) is 20.0. The Bertz CT molecular complexity index is 1430. The first kappa shape index (κ1) is 28.9. The van der Waals surface area contributed by atoms with Gasteiger partial charge in [0.15, 0.2) is 5.82 Å². The molecule has 2 aliphatic heterocycles. The van der Waals surface area contributed by atoms with Crippen molar-refractivity contribution in [2.75, 3.05) is 18.1 Å². The molecule has 1 saturated carbocycles. The molecule has 226 valence electrons. The van der Waals surface area contributed by atoms with Gasteiger partial charge in [0.25, 0.3) is 5.91 Å². The van der Waals surface area contributed by atoms with Crippen LogP contribution in [-0.4, -0.2) is 55.3 Å². The summed E-state index contributed by atoms with van der Waals surface area (Å²) in [5.74, 6) is 1.66. The van der Waals surface area contributed by atoms with Crippen molar-refractivity contribution >= 4 is 23.7 Å². The van der Waals surface area contributed by atoms with E-state index in [4.69, 9.17) is 9.72 Å². The highest BCUT2D eigenvalue weighted by Gasteiger charge is 2.62. The average Bonchev–Trinajstić information content (AvgIpc) is 3.25. The highest BCUT2D eigenvalue weighted by Crippen LogP contribution is 2.60. The van der Waals surface area contributed by atoms with Crippen molar-refractivity contribution in [1.82, 2.24) is 29.3 Å². The average molecular weight is 604 g/mol. The lowest BCUT2D eigenvalue weighted by molar-refractivity contribution is -0.189. The Morgan fingerprint density at radius 3 is 2.74 bits per heavy atom. The first-order valence-corrected chi connectivity index (χ1v) is 15.4. The molecule has 0 radical (unpaired) electrons. The van der Waals surface area contributed by atoms with E-state index in [9.17, 15) is 18.0 Å². The Morgan fingerprint density at radius 1 is 1.12 bits per heavy atom. The number of ether oxygens (including phenoxy) is 1. The lowest BCUT2D eigenvalue weighted by Crippen LogP contribution is -2.40. The Hall–Kier alpha value is -3.22. The smallest absolute Gasteiger partial charge is 0.394 e. The first-order valence-electron chi connectivity index (χ1n) is 14.6. The number of aromatic nitrogens is 5. The second-order valence-electron chi connectivity index (χ2n) is 12.3. The second-order valence-corrected chi connectivity index (χ2v) is 13.1. The van der Waals surface area contributed by atoms with Crippen LogP contribution in [-0.2, 0) is 6.54 Å². The van der Waals surface area contributed by atoms with E-state index >= 15 is 0 Å². The number of carbonyl (C=O) groups is 1. The molecule has 5 heterocycles. The number of alkyl halides is 3. The molecule has 1 aliphatic carbocycles. The Labute approximate surface area is 247 Å². The number of anilines is 1. The van der Waals surface area contributed by atoms with Gasteiger partial charge >= 0.3 is 6.18 Å². The van der Waals surface area contributed by atoms with Gasteiger partial charge in [-0.25, -0.2) is 9.67 Å². The Kier molecular flexibility index (Phi) is 7.65. The molecule has 1 unspecified atom stereocenters. The van der Waals surface area contributed by atoms with Crippen molar-refractivity contribution in [2.45, 2.75) is 88.5 Å². The van der Waals surface area contributed by atoms with Crippen molar-refractivity contribution < 1.29 is 22.7 Å². The van der Waals surface area contributed by atoms with Gasteiger partial charge in [-0.05, 0) is 82.9 Å². The van der Waals surface area contributed by atoms with Crippen molar-refractivity contribution in [3.63, 3.8) is 0 Å². The predicted octanol–water partition coefficient (Wildman–Crippen LogP) is 6.19. The largest absolute Gasteiger partial charge is 0.477 e. The van der Waals surface area contributed by atoms with Gasteiger partial charge < -0.3 is 9.64 Å². The van der Waals surface area contributed by atoms with Crippen LogP contribution in [0.5, 0.6) is 5.88 Å². The summed E-state index contributed by atoms with van der Waals surface area (Å²) >= 11 is 1.18. The third kappa shape index (κ3) is 5.97. The molecule has 1 atom stereocenters. The van der Waals surface area contributed by atoms with Crippen molar-refractivity contribution in [3.05, 3.63) is 42.2 Å². The Balaban J connectivity index is 1.21. The summed E-state index contributed by atoms with van der Waals surface area (Å²) in [5, 5.41) is 9.74. The molecule has 0 spiro atoms. The molecule has 3 aromatic heterocycles. The van der Waals surface area contributed by atoms with Crippen molar-refractivity contribution in [1.29, 1.82) is 0 Å². The normalized spacial score (nSPS) is 21.7. The van der Waals surface area contributed by atoms with E-state index in [1.165, 1.54) is 11.9 Å². The quantitative estimate of drug-likeness (QED) is 0.265. The van der Waals surface area contributed by atoms with E-state index < -0.39 is 11.6 Å². The minimum absolute atomic E-state index is 0.0679. The zero-order valence-electron chi connectivity index (χ0n) is 23.9. The van der Waals surface area contributed by atoms with Crippen molar-refractivity contribution in [2.24, 2.45) is 11.3 Å². The van der Waals surface area contributed by atoms with Crippen LogP contribution < -0.4 is 14.4 Å². The zero-order valence-corrected chi connectivity index (χ0v) is 24.7. The fourth-order valence-corrected chi connectivity index (χ4v) is 6.79. The fourth-order valence-electron chi connectivity index (χ4n) is 6.21. The van der Waals surface area contributed by atoms with Crippen LogP contribution in [0.2, 0.25) is 0 Å². The van der Waals surface area contributed by atoms with Gasteiger partial charge in [-0.1, -0.05) is 6.42 Å². The summed E-state index contributed by atoms with van der Waals surface area (Å²) in [6.45, 7) is 6.19. The number of amides is 1. The van der Waals surface area contributed by atoms with E-state index in [1.807, 2.05) is 16.9 Å². The van der Waals surface area contributed by atoms with Crippen LogP contribution in [0.4, 0.5) is 19.0 Å². The van der Waals surface area contributed by atoms with Gasteiger partial charge in [0.1, 0.15) is 10.8 Å². The number of nitrogens with one attached hydrogen (secondary N) is 1. The second kappa shape index (κ2) is 11.1. The maximum Gasteiger partial charge on any atom is 0.394 e. The van der Waals surface area contributed by atoms with E-state index in [0.717, 1.165) is 43.8 Å². The molecular formula is C29H36F3N7O2S. The molecule has 3 aromatic rings. The molecule has 1 amide bonds. The molecule has 9 nitrogen and oxygen atoms in total. The zero-order chi connectivity index (χ0) is 29.5. The predicted molar refractivity (Wildman–Crippen MR) is 153 cm³/mol.